The van der Waals surface area contributed by atoms with E-state index < -0.39 is 17.6 Å². The summed E-state index contributed by atoms with van der Waals surface area (Å²) in [5.74, 6) is 2.52. The molecule has 0 saturated heterocycles. The SMILES string of the molecule is CCCCS(=O)c1ccc2nc3c(OP(=O)(Oc4ccc(CCl)cc4)SCCC)cccc3cc2c1. The molecule has 5 nitrogen and oxygen atoms in total. The van der Waals surface area contributed by atoms with Gasteiger partial charge in [0.25, 0.3) is 0 Å². The number of nitrogens with zero attached hydrogens (tertiary/aromatic N) is 1. The van der Waals surface area contributed by atoms with Crippen LogP contribution in [-0.4, -0.2) is 20.7 Å². The third kappa shape index (κ3) is 6.63. The summed E-state index contributed by atoms with van der Waals surface area (Å²) < 4.78 is 38.4. The highest BCUT2D eigenvalue weighted by atomic mass is 35.5. The second kappa shape index (κ2) is 12.5. The van der Waals surface area contributed by atoms with Gasteiger partial charge in [-0.15, -0.1) is 11.6 Å². The van der Waals surface area contributed by atoms with E-state index in [1.54, 1.807) is 18.2 Å². The van der Waals surface area contributed by atoms with Gasteiger partial charge in [0.15, 0.2) is 5.75 Å². The van der Waals surface area contributed by atoms with E-state index in [-0.39, 0.29) is 0 Å². The number of hydrogen-bond donors (Lipinski definition) is 0. The fourth-order valence-corrected chi connectivity index (χ4v) is 8.38. The lowest BCUT2D eigenvalue weighted by molar-refractivity contribution is 0.409. The van der Waals surface area contributed by atoms with Crippen molar-refractivity contribution < 1.29 is 17.8 Å². The number of pyridine rings is 1. The molecule has 4 aromatic rings. The number of benzene rings is 3. The highest BCUT2D eigenvalue weighted by Gasteiger charge is 2.30. The first-order chi connectivity index (χ1) is 17.4. The first-order valence-electron chi connectivity index (χ1n) is 11.9. The van der Waals surface area contributed by atoms with Gasteiger partial charge in [0.05, 0.1) is 16.3 Å². The summed E-state index contributed by atoms with van der Waals surface area (Å²) in [6.07, 6.45) is 2.76. The highest BCUT2D eigenvalue weighted by Crippen LogP contribution is 2.60. The maximum atomic E-state index is 13.8. The zero-order chi connectivity index (χ0) is 25.5. The minimum atomic E-state index is -3.60. The van der Waals surface area contributed by atoms with E-state index in [9.17, 15) is 8.77 Å². The van der Waals surface area contributed by atoms with Crippen molar-refractivity contribution in [1.29, 1.82) is 0 Å². The van der Waals surface area contributed by atoms with E-state index >= 15 is 0 Å². The molecule has 2 atom stereocenters. The number of unbranched alkanes of at least 4 members (excludes halogenated alkanes) is 1. The lowest BCUT2D eigenvalue weighted by atomic mass is 10.1. The summed E-state index contributed by atoms with van der Waals surface area (Å²) in [4.78, 5) is 5.61. The van der Waals surface area contributed by atoms with Crippen molar-refractivity contribution in [2.75, 3.05) is 11.5 Å². The molecule has 190 valence electrons. The molecule has 36 heavy (non-hydrogen) atoms. The van der Waals surface area contributed by atoms with Crippen LogP contribution in [-0.2, 0) is 21.2 Å². The topological polar surface area (TPSA) is 65.5 Å². The number of alkyl halides is 1. The van der Waals surface area contributed by atoms with Gasteiger partial charge in [-0.2, -0.15) is 0 Å². The van der Waals surface area contributed by atoms with Crippen LogP contribution in [0, 0.1) is 0 Å². The largest absolute Gasteiger partial charge is 0.492 e. The molecule has 4 rings (SSSR count). The van der Waals surface area contributed by atoms with Crippen molar-refractivity contribution in [2.45, 2.75) is 43.9 Å². The van der Waals surface area contributed by atoms with Crippen LogP contribution in [0.25, 0.3) is 21.8 Å². The minimum absolute atomic E-state index is 0.394. The molecule has 0 aliphatic heterocycles. The Labute approximate surface area is 223 Å². The maximum Gasteiger partial charge on any atom is 0.492 e. The van der Waals surface area contributed by atoms with Crippen LogP contribution in [0.1, 0.15) is 38.7 Å². The molecule has 3 aromatic carbocycles. The number of fused-ring (bicyclic) bond motifs is 2. The van der Waals surface area contributed by atoms with Crippen molar-refractivity contribution in [3.63, 3.8) is 0 Å². The molecule has 0 spiro atoms. The number of hydrogen-bond acceptors (Lipinski definition) is 6. The Morgan fingerprint density at radius 2 is 1.78 bits per heavy atom. The summed E-state index contributed by atoms with van der Waals surface area (Å²) in [6.45, 7) is 0.512. The monoisotopic (exact) mass is 561 g/mol. The third-order valence-corrected chi connectivity index (χ3v) is 10.9. The normalized spacial score (nSPS) is 14.0. The molecule has 0 radical (unpaired) electrons. The summed E-state index contributed by atoms with van der Waals surface area (Å²) in [5, 5.41) is 1.75. The van der Waals surface area contributed by atoms with E-state index in [1.807, 2.05) is 55.5 Å². The molecular formula is C27H29ClNO4PS2. The summed E-state index contributed by atoms with van der Waals surface area (Å²) in [6, 6.07) is 20.4. The van der Waals surface area contributed by atoms with Crippen LogP contribution in [0.4, 0.5) is 0 Å². The Balaban J connectivity index is 1.67. The second-order valence-electron chi connectivity index (χ2n) is 8.31. The number of para-hydroxylation sites is 1. The fourth-order valence-electron chi connectivity index (χ4n) is 3.59. The summed E-state index contributed by atoms with van der Waals surface area (Å²) in [7, 11) is -1.03. The van der Waals surface area contributed by atoms with Gasteiger partial charge in [-0.05, 0) is 72.3 Å². The molecule has 0 amide bonds. The van der Waals surface area contributed by atoms with E-state index in [0.29, 0.717) is 34.4 Å². The highest BCUT2D eigenvalue weighted by molar-refractivity contribution is 8.55. The van der Waals surface area contributed by atoms with Crippen LogP contribution < -0.4 is 9.05 Å². The van der Waals surface area contributed by atoms with Crippen LogP contribution in [0.5, 0.6) is 11.5 Å². The van der Waals surface area contributed by atoms with Crippen LogP contribution in [0.3, 0.4) is 0 Å². The number of halogens is 1. The van der Waals surface area contributed by atoms with Gasteiger partial charge in [-0.1, -0.05) is 44.5 Å². The molecule has 0 bridgehead atoms. The van der Waals surface area contributed by atoms with Crippen LogP contribution >= 0.6 is 29.8 Å². The standard InChI is InChI=1S/C27H29ClNO4PS2/c1-3-5-16-36(31)24-13-14-25-22(18-24)17-21-7-6-8-26(27(21)29-25)33-34(30,35-15-4-2)32-23-11-9-20(19-28)10-12-23/h6-14,17-18H,3-5,15-16,19H2,1-2H3. The summed E-state index contributed by atoms with van der Waals surface area (Å²) in [5.41, 5.74) is 2.30. The zero-order valence-electron chi connectivity index (χ0n) is 20.3. The van der Waals surface area contributed by atoms with Gasteiger partial charge in [-0.3, -0.25) is 4.21 Å². The summed E-state index contributed by atoms with van der Waals surface area (Å²) >= 11 is 7.05. The zero-order valence-corrected chi connectivity index (χ0v) is 23.6. The Morgan fingerprint density at radius 3 is 2.50 bits per heavy atom. The number of rotatable bonds is 12. The van der Waals surface area contributed by atoms with E-state index in [4.69, 9.17) is 25.6 Å². The minimum Gasteiger partial charge on any atom is -0.408 e. The van der Waals surface area contributed by atoms with Gasteiger partial charge in [0.2, 0.25) is 0 Å². The third-order valence-electron chi connectivity index (χ3n) is 5.48. The maximum absolute atomic E-state index is 13.8. The van der Waals surface area contributed by atoms with Crippen molar-refractivity contribution in [1.82, 2.24) is 4.98 Å². The predicted molar refractivity (Wildman–Crippen MR) is 153 cm³/mol. The first-order valence-corrected chi connectivity index (χ1v) is 16.9. The molecule has 1 aromatic heterocycles. The molecule has 1 heterocycles. The van der Waals surface area contributed by atoms with Crippen LogP contribution in [0.2, 0.25) is 0 Å². The Hall–Kier alpha value is -2.05. The lowest BCUT2D eigenvalue weighted by Crippen LogP contribution is -2.00. The van der Waals surface area contributed by atoms with Gasteiger partial charge in [0.1, 0.15) is 11.3 Å². The average molecular weight is 562 g/mol. The first kappa shape index (κ1) is 27.0. The molecule has 0 aliphatic carbocycles. The van der Waals surface area contributed by atoms with Crippen molar-refractivity contribution in [3.8, 4) is 11.5 Å². The van der Waals surface area contributed by atoms with Gasteiger partial charge in [-0.25, -0.2) is 9.55 Å². The molecular weight excluding hydrogens is 533 g/mol. The van der Waals surface area contributed by atoms with Gasteiger partial charge in [0, 0.05) is 33.1 Å². The quantitative estimate of drug-likeness (QED) is 0.0978. The molecule has 0 saturated carbocycles. The van der Waals surface area contributed by atoms with Crippen molar-refractivity contribution in [2.24, 2.45) is 0 Å². The molecule has 0 N–H and O–H groups in total. The van der Waals surface area contributed by atoms with Gasteiger partial charge >= 0.3 is 6.80 Å². The smallest absolute Gasteiger partial charge is 0.408 e. The molecule has 9 heteroatoms. The van der Waals surface area contributed by atoms with Crippen molar-refractivity contribution in [3.05, 3.63) is 72.3 Å². The Morgan fingerprint density at radius 1 is 0.972 bits per heavy atom. The lowest BCUT2D eigenvalue weighted by Gasteiger charge is -2.20. The average Bonchev–Trinajstić information content (AvgIpc) is 2.90. The molecule has 2 unspecified atom stereocenters. The van der Waals surface area contributed by atoms with Gasteiger partial charge < -0.3 is 9.05 Å². The van der Waals surface area contributed by atoms with Crippen molar-refractivity contribution >= 4 is 62.4 Å². The van der Waals surface area contributed by atoms with Crippen LogP contribution in [0.15, 0.2) is 71.6 Å². The number of aromatic nitrogens is 1. The fraction of sp³-hybridized carbons (Fsp3) is 0.296. The molecule has 0 fully saturated rings. The Kier molecular flexibility index (Phi) is 9.35. The van der Waals surface area contributed by atoms with E-state index in [2.05, 4.69) is 6.92 Å². The predicted octanol–water partition coefficient (Wildman–Crippen LogP) is 8.74. The molecule has 0 aliphatic rings. The van der Waals surface area contributed by atoms with E-state index in [1.165, 1.54) is 11.4 Å². The second-order valence-corrected chi connectivity index (χ2v) is 14.2. The van der Waals surface area contributed by atoms with E-state index in [0.717, 1.165) is 46.0 Å². The Bertz CT molecular complexity index is 1410.